The molecule has 1 fully saturated rings. The standard InChI is InChI=1S/C18H20N4O4/c23-17(12-13-2-6-15(7-3-13)22(24)25)21-14-4-8-16(9-5-14)26-18-19-10-1-11-20-18/h1-3,6-7,10-11,14,16H,4-5,8-9,12H2,(H,21,23). The average molecular weight is 356 g/mol. The Bertz CT molecular complexity index is 744. The molecule has 3 rings (SSSR count). The normalized spacial score (nSPS) is 19.5. The number of nitro groups is 1. The molecule has 0 saturated heterocycles. The molecular formula is C18H20N4O4. The number of carbonyl (C=O) groups is 1. The van der Waals surface area contributed by atoms with Crippen molar-refractivity contribution in [3.8, 4) is 6.01 Å². The number of nitrogens with one attached hydrogen (secondary N) is 1. The first-order valence-corrected chi connectivity index (χ1v) is 8.56. The van der Waals surface area contributed by atoms with E-state index in [2.05, 4.69) is 15.3 Å². The lowest BCUT2D eigenvalue weighted by molar-refractivity contribution is -0.384. The third-order valence-corrected chi connectivity index (χ3v) is 4.37. The van der Waals surface area contributed by atoms with Crippen LogP contribution < -0.4 is 10.1 Å². The molecule has 0 bridgehead atoms. The third kappa shape index (κ3) is 4.98. The SMILES string of the molecule is O=C(Cc1ccc([N+](=O)[O-])cc1)NC1CCC(Oc2ncccn2)CC1. The molecule has 2 aromatic rings. The molecule has 26 heavy (non-hydrogen) atoms. The summed E-state index contributed by atoms with van der Waals surface area (Å²) in [6.07, 6.45) is 6.92. The van der Waals surface area contributed by atoms with Crippen LogP contribution in [-0.4, -0.2) is 32.9 Å². The summed E-state index contributed by atoms with van der Waals surface area (Å²) in [6.45, 7) is 0. The molecular weight excluding hydrogens is 336 g/mol. The van der Waals surface area contributed by atoms with Crippen LogP contribution in [0.25, 0.3) is 0 Å². The van der Waals surface area contributed by atoms with Crippen molar-refractivity contribution in [2.45, 2.75) is 44.2 Å². The zero-order valence-electron chi connectivity index (χ0n) is 14.2. The summed E-state index contributed by atoms with van der Waals surface area (Å²) in [7, 11) is 0. The Balaban J connectivity index is 1.42. The van der Waals surface area contributed by atoms with Gasteiger partial charge in [0.25, 0.3) is 5.69 Å². The Morgan fingerprint density at radius 3 is 2.42 bits per heavy atom. The van der Waals surface area contributed by atoms with Crippen molar-refractivity contribution in [2.75, 3.05) is 0 Å². The number of nitro benzene ring substituents is 1. The number of benzene rings is 1. The summed E-state index contributed by atoms with van der Waals surface area (Å²) in [4.78, 5) is 30.5. The zero-order valence-corrected chi connectivity index (χ0v) is 14.2. The van der Waals surface area contributed by atoms with Crippen LogP contribution >= 0.6 is 0 Å². The maximum Gasteiger partial charge on any atom is 0.316 e. The van der Waals surface area contributed by atoms with E-state index in [1.54, 1.807) is 30.6 Å². The maximum absolute atomic E-state index is 12.2. The molecule has 136 valence electrons. The minimum Gasteiger partial charge on any atom is -0.460 e. The fourth-order valence-electron chi connectivity index (χ4n) is 3.02. The number of carbonyl (C=O) groups excluding carboxylic acids is 1. The van der Waals surface area contributed by atoms with Crippen molar-refractivity contribution in [3.05, 3.63) is 58.4 Å². The number of hydrogen-bond donors (Lipinski definition) is 1. The molecule has 0 radical (unpaired) electrons. The Kier molecular flexibility index (Phi) is 5.73. The molecule has 1 aromatic carbocycles. The van der Waals surface area contributed by atoms with E-state index in [-0.39, 0.29) is 30.2 Å². The second kappa shape index (κ2) is 8.37. The van der Waals surface area contributed by atoms with Gasteiger partial charge in [-0.1, -0.05) is 12.1 Å². The summed E-state index contributed by atoms with van der Waals surface area (Å²) in [6, 6.07) is 8.30. The monoisotopic (exact) mass is 356 g/mol. The lowest BCUT2D eigenvalue weighted by Crippen LogP contribution is -2.40. The molecule has 8 nitrogen and oxygen atoms in total. The number of non-ortho nitro benzene ring substituents is 1. The number of aromatic nitrogens is 2. The Hall–Kier alpha value is -3.03. The van der Waals surface area contributed by atoms with Crippen molar-refractivity contribution < 1.29 is 14.5 Å². The number of hydrogen-bond acceptors (Lipinski definition) is 6. The highest BCUT2D eigenvalue weighted by molar-refractivity contribution is 5.78. The first-order valence-electron chi connectivity index (χ1n) is 8.56. The maximum atomic E-state index is 12.2. The van der Waals surface area contributed by atoms with Crippen molar-refractivity contribution >= 4 is 11.6 Å². The van der Waals surface area contributed by atoms with Crippen molar-refractivity contribution in [3.63, 3.8) is 0 Å². The topological polar surface area (TPSA) is 107 Å². The van der Waals surface area contributed by atoms with E-state index in [9.17, 15) is 14.9 Å². The van der Waals surface area contributed by atoms with E-state index in [4.69, 9.17) is 4.74 Å². The van der Waals surface area contributed by atoms with E-state index in [0.717, 1.165) is 31.2 Å². The summed E-state index contributed by atoms with van der Waals surface area (Å²) in [5.41, 5.74) is 0.779. The van der Waals surface area contributed by atoms with Gasteiger partial charge in [-0.2, -0.15) is 0 Å². The molecule has 1 N–H and O–H groups in total. The number of nitrogens with zero attached hydrogens (tertiary/aromatic N) is 3. The van der Waals surface area contributed by atoms with Crippen LogP contribution in [0.5, 0.6) is 6.01 Å². The fourth-order valence-corrected chi connectivity index (χ4v) is 3.02. The molecule has 0 atom stereocenters. The largest absolute Gasteiger partial charge is 0.460 e. The minimum atomic E-state index is -0.454. The van der Waals surface area contributed by atoms with Gasteiger partial charge in [0.2, 0.25) is 5.91 Å². The molecule has 8 heteroatoms. The van der Waals surface area contributed by atoms with Crippen LogP contribution in [0, 0.1) is 10.1 Å². The highest BCUT2D eigenvalue weighted by Crippen LogP contribution is 2.22. The Morgan fingerprint density at radius 2 is 1.81 bits per heavy atom. The minimum absolute atomic E-state index is 0.0230. The molecule has 0 unspecified atom stereocenters. The average Bonchev–Trinajstić information content (AvgIpc) is 2.64. The number of ether oxygens (including phenoxy) is 1. The smallest absolute Gasteiger partial charge is 0.316 e. The predicted octanol–water partition coefficient (Wildman–Crippen LogP) is 2.43. The van der Waals surface area contributed by atoms with Crippen LogP contribution in [0.15, 0.2) is 42.7 Å². The molecule has 1 aliphatic carbocycles. The van der Waals surface area contributed by atoms with Gasteiger partial charge in [-0.05, 0) is 37.3 Å². The van der Waals surface area contributed by atoms with E-state index in [0.29, 0.717) is 6.01 Å². The van der Waals surface area contributed by atoms with Gasteiger partial charge in [0.15, 0.2) is 0 Å². The molecule has 0 aliphatic heterocycles. The van der Waals surface area contributed by atoms with E-state index in [1.807, 2.05) is 0 Å². The first kappa shape index (κ1) is 17.8. The molecule has 0 spiro atoms. The van der Waals surface area contributed by atoms with Crippen LogP contribution in [0.4, 0.5) is 5.69 Å². The second-order valence-corrected chi connectivity index (χ2v) is 6.29. The Labute approximate surface area is 150 Å². The van der Waals surface area contributed by atoms with Crippen LogP contribution in [0.1, 0.15) is 31.2 Å². The quantitative estimate of drug-likeness (QED) is 0.629. The lowest BCUT2D eigenvalue weighted by Gasteiger charge is -2.28. The molecule has 1 heterocycles. The molecule has 1 aromatic heterocycles. The van der Waals surface area contributed by atoms with Crippen LogP contribution in [-0.2, 0) is 11.2 Å². The highest BCUT2D eigenvalue weighted by atomic mass is 16.6. The predicted molar refractivity (Wildman–Crippen MR) is 93.6 cm³/mol. The van der Waals surface area contributed by atoms with Gasteiger partial charge in [0, 0.05) is 30.6 Å². The number of rotatable bonds is 6. The first-order chi connectivity index (χ1) is 12.6. The van der Waals surface area contributed by atoms with E-state index in [1.165, 1.54) is 12.1 Å². The van der Waals surface area contributed by atoms with Gasteiger partial charge in [0.05, 0.1) is 11.3 Å². The van der Waals surface area contributed by atoms with Crippen molar-refractivity contribution in [2.24, 2.45) is 0 Å². The summed E-state index contributed by atoms with van der Waals surface area (Å²) in [5, 5.41) is 13.7. The fraction of sp³-hybridized carbons (Fsp3) is 0.389. The second-order valence-electron chi connectivity index (χ2n) is 6.29. The van der Waals surface area contributed by atoms with E-state index >= 15 is 0 Å². The highest BCUT2D eigenvalue weighted by Gasteiger charge is 2.24. The zero-order chi connectivity index (χ0) is 18.4. The summed E-state index contributed by atoms with van der Waals surface area (Å²) < 4.78 is 5.74. The summed E-state index contributed by atoms with van der Waals surface area (Å²) in [5.74, 6) is -0.0744. The third-order valence-electron chi connectivity index (χ3n) is 4.37. The van der Waals surface area contributed by atoms with Crippen LogP contribution in [0.3, 0.4) is 0 Å². The molecule has 1 aliphatic rings. The molecule has 1 amide bonds. The van der Waals surface area contributed by atoms with Gasteiger partial charge in [-0.25, -0.2) is 9.97 Å². The van der Waals surface area contributed by atoms with Crippen molar-refractivity contribution in [1.82, 2.24) is 15.3 Å². The van der Waals surface area contributed by atoms with Gasteiger partial charge in [-0.3, -0.25) is 14.9 Å². The van der Waals surface area contributed by atoms with Crippen molar-refractivity contribution in [1.29, 1.82) is 0 Å². The van der Waals surface area contributed by atoms with Crippen LogP contribution in [0.2, 0.25) is 0 Å². The molecule has 1 saturated carbocycles. The van der Waals surface area contributed by atoms with Gasteiger partial charge in [-0.15, -0.1) is 0 Å². The number of amides is 1. The van der Waals surface area contributed by atoms with E-state index < -0.39 is 4.92 Å². The summed E-state index contributed by atoms with van der Waals surface area (Å²) >= 11 is 0. The van der Waals surface area contributed by atoms with Gasteiger partial charge >= 0.3 is 6.01 Å². The Morgan fingerprint density at radius 1 is 1.15 bits per heavy atom. The lowest BCUT2D eigenvalue weighted by atomic mass is 9.93. The van der Waals surface area contributed by atoms with Gasteiger partial charge < -0.3 is 10.1 Å². The van der Waals surface area contributed by atoms with Gasteiger partial charge in [0.1, 0.15) is 6.10 Å².